The van der Waals surface area contributed by atoms with Gasteiger partial charge in [-0.15, -0.1) is 0 Å². The number of likely N-dealkylation sites (tertiary alicyclic amines) is 1. The largest absolute Gasteiger partial charge is 0.339 e. The number of halogens is 2. The molecule has 1 spiro atoms. The number of ketones is 1. The number of para-hydroxylation sites is 1. The predicted octanol–water partition coefficient (Wildman–Crippen LogP) is 3.90. The molecule has 2 aromatic rings. The number of carbonyl (C=O) groups is 2. The molecule has 5 nitrogen and oxygen atoms in total. The summed E-state index contributed by atoms with van der Waals surface area (Å²) in [6.07, 6.45) is 2.48. The van der Waals surface area contributed by atoms with E-state index in [-0.39, 0.29) is 24.1 Å². The average Bonchev–Trinajstić information content (AvgIpc) is 3.08. The SMILES string of the molecule is O=C(CCCN1CCC2(CC1)C(=O)N(CCF)CN2c1ccccc1)c1ccc(F)cc1. The Labute approximate surface area is 187 Å². The van der Waals surface area contributed by atoms with E-state index in [1.165, 1.54) is 24.3 Å². The molecule has 4 rings (SSSR count). The third-order valence-electron chi connectivity index (χ3n) is 6.66. The molecule has 0 atom stereocenters. The summed E-state index contributed by atoms with van der Waals surface area (Å²) < 4.78 is 26.1. The summed E-state index contributed by atoms with van der Waals surface area (Å²) in [5, 5.41) is 0. The molecule has 0 saturated carbocycles. The van der Waals surface area contributed by atoms with Gasteiger partial charge in [0.05, 0.1) is 13.2 Å². The van der Waals surface area contributed by atoms with Crippen LogP contribution in [0.25, 0.3) is 0 Å². The molecule has 0 aromatic heterocycles. The fourth-order valence-corrected chi connectivity index (χ4v) is 4.86. The van der Waals surface area contributed by atoms with Gasteiger partial charge in [-0.2, -0.15) is 0 Å². The van der Waals surface area contributed by atoms with Gasteiger partial charge in [0.25, 0.3) is 0 Å². The van der Waals surface area contributed by atoms with Gasteiger partial charge in [0, 0.05) is 30.8 Å². The van der Waals surface area contributed by atoms with Crippen LogP contribution in [0.3, 0.4) is 0 Å². The number of Topliss-reactive ketones (excluding diaryl/α,β-unsaturated/α-hetero) is 1. The highest BCUT2D eigenvalue weighted by atomic mass is 19.1. The van der Waals surface area contributed by atoms with Crippen molar-refractivity contribution in [1.82, 2.24) is 9.80 Å². The molecule has 2 aliphatic rings. The lowest BCUT2D eigenvalue weighted by Gasteiger charge is -2.43. The van der Waals surface area contributed by atoms with Crippen molar-refractivity contribution in [3.05, 3.63) is 66.0 Å². The third-order valence-corrected chi connectivity index (χ3v) is 6.66. The first-order chi connectivity index (χ1) is 15.5. The van der Waals surface area contributed by atoms with Crippen molar-refractivity contribution in [3.8, 4) is 0 Å². The molecule has 1 amide bonds. The molecule has 7 heteroatoms. The molecule has 2 aromatic carbocycles. The second-order valence-corrected chi connectivity index (χ2v) is 8.57. The average molecular weight is 442 g/mol. The molecule has 0 bridgehead atoms. The summed E-state index contributed by atoms with van der Waals surface area (Å²) in [7, 11) is 0. The topological polar surface area (TPSA) is 43.9 Å². The van der Waals surface area contributed by atoms with Crippen LogP contribution >= 0.6 is 0 Å². The van der Waals surface area contributed by atoms with E-state index in [2.05, 4.69) is 9.80 Å². The first-order valence-corrected chi connectivity index (χ1v) is 11.2. The summed E-state index contributed by atoms with van der Waals surface area (Å²) in [5.74, 6) is -0.313. The Bertz CT molecular complexity index is 928. The number of benzene rings is 2. The van der Waals surface area contributed by atoms with Gasteiger partial charge in [-0.05, 0) is 62.2 Å². The minimum atomic E-state index is -0.628. The number of anilines is 1. The maximum Gasteiger partial charge on any atom is 0.250 e. The van der Waals surface area contributed by atoms with Crippen molar-refractivity contribution in [2.75, 3.05) is 44.4 Å². The van der Waals surface area contributed by atoms with Crippen molar-refractivity contribution in [3.63, 3.8) is 0 Å². The summed E-state index contributed by atoms with van der Waals surface area (Å²) in [6.45, 7) is 2.28. The minimum absolute atomic E-state index is 0.0153. The highest BCUT2D eigenvalue weighted by Crippen LogP contribution is 2.39. The highest BCUT2D eigenvalue weighted by molar-refractivity contribution is 5.96. The van der Waals surface area contributed by atoms with E-state index in [0.29, 0.717) is 37.9 Å². The lowest BCUT2D eigenvalue weighted by Crippen LogP contribution is -2.56. The molecule has 0 unspecified atom stereocenters. The molecule has 0 radical (unpaired) electrons. The van der Waals surface area contributed by atoms with Gasteiger partial charge >= 0.3 is 0 Å². The number of amides is 1. The molecule has 2 aliphatic heterocycles. The normalized spacial score (nSPS) is 18.5. The minimum Gasteiger partial charge on any atom is -0.339 e. The number of alkyl halides is 1. The molecule has 32 heavy (non-hydrogen) atoms. The molecule has 2 saturated heterocycles. The number of piperidine rings is 1. The zero-order valence-corrected chi connectivity index (χ0v) is 18.2. The van der Waals surface area contributed by atoms with Crippen LogP contribution in [0.2, 0.25) is 0 Å². The van der Waals surface area contributed by atoms with Crippen molar-refractivity contribution >= 4 is 17.4 Å². The lowest BCUT2D eigenvalue weighted by molar-refractivity contribution is -0.133. The van der Waals surface area contributed by atoms with Crippen LogP contribution in [0.1, 0.15) is 36.0 Å². The Balaban J connectivity index is 1.35. The second-order valence-electron chi connectivity index (χ2n) is 8.57. The van der Waals surface area contributed by atoms with E-state index < -0.39 is 12.2 Å². The van der Waals surface area contributed by atoms with Crippen molar-refractivity contribution in [1.29, 1.82) is 0 Å². The smallest absolute Gasteiger partial charge is 0.250 e. The second kappa shape index (κ2) is 9.77. The van der Waals surface area contributed by atoms with E-state index in [9.17, 15) is 18.4 Å². The summed E-state index contributed by atoms with van der Waals surface area (Å²) in [4.78, 5) is 31.6. The Morgan fingerprint density at radius 3 is 2.31 bits per heavy atom. The Hall–Kier alpha value is -2.80. The van der Waals surface area contributed by atoms with E-state index in [1.54, 1.807) is 4.90 Å². The van der Waals surface area contributed by atoms with Crippen LogP contribution in [-0.2, 0) is 4.79 Å². The summed E-state index contributed by atoms with van der Waals surface area (Å²) in [6, 6.07) is 15.5. The predicted molar refractivity (Wildman–Crippen MR) is 120 cm³/mol. The first kappa shape index (κ1) is 22.4. The number of hydrogen-bond acceptors (Lipinski definition) is 4. The van der Waals surface area contributed by atoms with Gasteiger partial charge in [0.2, 0.25) is 5.91 Å². The van der Waals surface area contributed by atoms with Crippen LogP contribution in [0.15, 0.2) is 54.6 Å². The number of carbonyl (C=O) groups excluding carboxylic acids is 2. The van der Waals surface area contributed by atoms with E-state index in [1.807, 2.05) is 30.3 Å². The Kier molecular flexibility index (Phi) is 6.84. The van der Waals surface area contributed by atoms with Crippen molar-refractivity contribution < 1.29 is 18.4 Å². The first-order valence-electron chi connectivity index (χ1n) is 11.2. The molecule has 0 aliphatic carbocycles. The van der Waals surface area contributed by atoms with Gasteiger partial charge < -0.3 is 14.7 Å². The van der Waals surface area contributed by atoms with Crippen LogP contribution in [0.4, 0.5) is 14.5 Å². The van der Waals surface area contributed by atoms with Gasteiger partial charge in [0.1, 0.15) is 18.0 Å². The Morgan fingerprint density at radius 2 is 1.66 bits per heavy atom. The fraction of sp³-hybridized carbons (Fsp3) is 0.440. The van der Waals surface area contributed by atoms with Gasteiger partial charge in [-0.3, -0.25) is 9.59 Å². The number of rotatable bonds is 8. The number of hydrogen-bond donors (Lipinski definition) is 0. The van der Waals surface area contributed by atoms with Crippen LogP contribution in [0.5, 0.6) is 0 Å². The highest BCUT2D eigenvalue weighted by Gasteiger charge is 2.53. The van der Waals surface area contributed by atoms with Crippen LogP contribution in [-0.4, -0.2) is 66.6 Å². The fourth-order valence-electron chi connectivity index (χ4n) is 4.86. The standard InChI is InChI=1S/C25H29F2N3O2/c26-14-18-29-19-30(22-5-2-1-3-6-22)25(24(29)32)12-16-28(17-13-25)15-4-7-23(31)20-8-10-21(27)11-9-20/h1-3,5-6,8-11H,4,7,12-19H2. The molecule has 170 valence electrons. The van der Waals surface area contributed by atoms with E-state index in [4.69, 9.17) is 0 Å². The van der Waals surface area contributed by atoms with Crippen molar-refractivity contribution in [2.24, 2.45) is 0 Å². The molecular weight excluding hydrogens is 412 g/mol. The molecule has 2 heterocycles. The maximum absolute atomic E-state index is 13.3. The van der Waals surface area contributed by atoms with E-state index >= 15 is 0 Å². The van der Waals surface area contributed by atoms with Crippen LogP contribution < -0.4 is 4.90 Å². The molecule has 0 N–H and O–H groups in total. The third kappa shape index (κ3) is 4.53. The zero-order valence-electron chi connectivity index (χ0n) is 18.2. The molecule has 2 fully saturated rings. The van der Waals surface area contributed by atoms with Gasteiger partial charge in [-0.25, -0.2) is 8.78 Å². The van der Waals surface area contributed by atoms with Gasteiger partial charge in [0.15, 0.2) is 5.78 Å². The summed E-state index contributed by atoms with van der Waals surface area (Å²) in [5.41, 5.74) is 0.893. The van der Waals surface area contributed by atoms with Crippen LogP contribution in [0, 0.1) is 5.82 Å². The maximum atomic E-state index is 13.3. The molecular formula is C25H29F2N3O2. The quantitative estimate of drug-likeness (QED) is 0.583. The zero-order chi connectivity index (χ0) is 22.6. The van der Waals surface area contributed by atoms with Gasteiger partial charge in [-0.1, -0.05) is 18.2 Å². The number of nitrogens with zero attached hydrogens (tertiary/aromatic N) is 3. The monoisotopic (exact) mass is 441 g/mol. The van der Waals surface area contributed by atoms with E-state index in [0.717, 1.165) is 25.3 Å². The summed E-state index contributed by atoms with van der Waals surface area (Å²) >= 11 is 0. The lowest BCUT2D eigenvalue weighted by atomic mass is 9.85. The van der Waals surface area contributed by atoms with Crippen molar-refractivity contribution in [2.45, 2.75) is 31.2 Å². The Morgan fingerprint density at radius 1 is 0.969 bits per heavy atom.